The average Bonchev–Trinajstić information content (AvgIpc) is 2.37. The van der Waals surface area contributed by atoms with Crippen LogP contribution in [0.4, 0.5) is 4.39 Å². The van der Waals surface area contributed by atoms with E-state index in [1.54, 1.807) is 0 Å². The predicted molar refractivity (Wildman–Crippen MR) is 74.9 cm³/mol. The number of aromatic hydroxyl groups is 1. The van der Waals surface area contributed by atoms with Crippen molar-refractivity contribution in [2.75, 3.05) is 0 Å². The van der Waals surface area contributed by atoms with Crippen LogP contribution in [-0.4, -0.2) is 23.1 Å². The van der Waals surface area contributed by atoms with Crippen molar-refractivity contribution in [1.82, 2.24) is 5.32 Å². The standard InChI is InChI=1S/C15H21FN2O2/c1-14(2)12(17)15(3,4)13(14)18-11(20)9-7-8(16)5-6-10(9)19/h5-7,12-13,19H,17H2,1-4H3,(H,18,20). The Labute approximate surface area is 118 Å². The van der Waals surface area contributed by atoms with Gasteiger partial charge in [-0.25, -0.2) is 4.39 Å². The number of benzene rings is 1. The minimum absolute atomic E-state index is 0.0404. The van der Waals surface area contributed by atoms with Crippen LogP contribution in [0.1, 0.15) is 38.1 Å². The molecule has 0 radical (unpaired) electrons. The Kier molecular flexibility index (Phi) is 3.29. The lowest BCUT2D eigenvalue weighted by atomic mass is 9.48. The number of nitrogens with one attached hydrogen (secondary N) is 1. The van der Waals surface area contributed by atoms with E-state index in [9.17, 15) is 14.3 Å². The maximum Gasteiger partial charge on any atom is 0.255 e. The SMILES string of the molecule is CC1(C)C(N)C(C)(C)C1NC(=O)c1cc(F)ccc1O. The average molecular weight is 280 g/mol. The van der Waals surface area contributed by atoms with Crippen molar-refractivity contribution in [1.29, 1.82) is 0 Å². The molecule has 20 heavy (non-hydrogen) atoms. The second-order valence-electron chi connectivity index (χ2n) is 6.69. The number of carbonyl (C=O) groups is 1. The zero-order valence-electron chi connectivity index (χ0n) is 12.2. The molecular weight excluding hydrogens is 259 g/mol. The summed E-state index contributed by atoms with van der Waals surface area (Å²) < 4.78 is 13.2. The van der Waals surface area contributed by atoms with Crippen molar-refractivity contribution >= 4 is 5.91 Å². The minimum Gasteiger partial charge on any atom is -0.507 e. The van der Waals surface area contributed by atoms with E-state index in [1.165, 1.54) is 6.07 Å². The molecule has 1 saturated carbocycles. The van der Waals surface area contributed by atoms with Gasteiger partial charge in [0.25, 0.3) is 5.91 Å². The molecule has 1 aliphatic rings. The normalized spacial score (nSPS) is 26.7. The lowest BCUT2D eigenvalue weighted by molar-refractivity contribution is -0.0663. The van der Waals surface area contributed by atoms with E-state index in [1.807, 2.05) is 27.7 Å². The Balaban J connectivity index is 2.22. The lowest BCUT2D eigenvalue weighted by Crippen LogP contribution is -2.76. The Morgan fingerprint density at radius 1 is 1.30 bits per heavy atom. The highest BCUT2D eigenvalue weighted by Gasteiger charge is 2.60. The van der Waals surface area contributed by atoms with Crippen LogP contribution in [0, 0.1) is 16.6 Å². The Hall–Kier alpha value is -1.62. The molecule has 4 N–H and O–H groups in total. The third-order valence-corrected chi connectivity index (χ3v) is 4.57. The van der Waals surface area contributed by atoms with Crippen LogP contribution in [0.5, 0.6) is 5.75 Å². The molecule has 0 bridgehead atoms. The van der Waals surface area contributed by atoms with Crippen molar-refractivity contribution in [3.05, 3.63) is 29.6 Å². The molecule has 0 saturated heterocycles. The Bertz CT molecular complexity index is 539. The summed E-state index contributed by atoms with van der Waals surface area (Å²) in [6, 6.07) is 3.14. The molecule has 110 valence electrons. The molecule has 0 aromatic heterocycles. The Morgan fingerprint density at radius 2 is 1.85 bits per heavy atom. The first-order chi connectivity index (χ1) is 9.08. The molecule has 4 nitrogen and oxygen atoms in total. The first kappa shape index (κ1) is 14.8. The molecule has 0 spiro atoms. The zero-order valence-corrected chi connectivity index (χ0v) is 12.2. The maximum absolute atomic E-state index is 13.2. The van der Waals surface area contributed by atoms with Crippen LogP contribution in [-0.2, 0) is 0 Å². The monoisotopic (exact) mass is 280 g/mol. The molecule has 1 amide bonds. The summed E-state index contributed by atoms with van der Waals surface area (Å²) in [6.45, 7) is 7.94. The summed E-state index contributed by atoms with van der Waals surface area (Å²) in [7, 11) is 0. The van der Waals surface area contributed by atoms with Crippen LogP contribution in [0.2, 0.25) is 0 Å². The number of nitrogens with two attached hydrogens (primary N) is 1. The van der Waals surface area contributed by atoms with Gasteiger partial charge in [-0.2, -0.15) is 0 Å². The summed E-state index contributed by atoms with van der Waals surface area (Å²) in [4.78, 5) is 12.2. The smallest absolute Gasteiger partial charge is 0.255 e. The highest BCUT2D eigenvalue weighted by molar-refractivity contribution is 5.97. The van der Waals surface area contributed by atoms with Crippen LogP contribution in [0.25, 0.3) is 0 Å². The summed E-state index contributed by atoms with van der Waals surface area (Å²) >= 11 is 0. The summed E-state index contributed by atoms with van der Waals surface area (Å²) in [6.07, 6.45) is 0. The third kappa shape index (κ3) is 2.06. The van der Waals surface area contributed by atoms with Crippen LogP contribution in [0.15, 0.2) is 18.2 Å². The fourth-order valence-corrected chi connectivity index (χ4v) is 3.45. The van der Waals surface area contributed by atoms with Crippen LogP contribution >= 0.6 is 0 Å². The van der Waals surface area contributed by atoms with E-state index in [2.05, 4.69) is 5.32 Å². The number of hydrogen-bond donors (Lipinski definition) is 3. The van der Waals surface area contributed by atoms with Gasteiger partial charge < -0.3 is 16.2 Å². The topological polar surface area (TPSA) is 75.3 Å². The summed E-state index contributed by atoms with van der Waals surface area (Å²) in [5, 5.41) is 12.5. The quantitative estimate of drug-likeness (QED) is 0.776. The zero-order chi connectivity index (χ0) is 15.3. The molecule has 0 atom stereocenters. The van der Waals surface area contributed by atoms with E-state index in [4.69, 9.17) is 5.73 Å². The van der Waals surface area contributed by atoms with Gasteiger partial charge in [-0.05, 0) is 18.2 Å². The van der Waals surface area contributed by atoms with Gasteiger partial charge in [-0.3, -0.25) is 4.79 Å². The van der Waals surface area contributed by atoms with Crippen molar-refractivity contribution < 1.29 is 14.3 Å². The van der Waals surface area contributed by atoms with Gasteiger partial charge in [0.2, 0.25) is 0 Å². The fourth-order valence-electron chi connectivity index (χ4n) is 3.45. The molecule has 1 aromatic carbocycles. The van der Waals surface area contributed by atoms with E-state index in [0.717, 1.165) is 12.1 Å². The second-order valence-corrected chi connectivity index (χ2v) is 6.69. The number of amides is 1. The van der Waals surface area contributed by atoms with E-state index < -0.39 is 11.7 Å². The van der Waals surface area contributed by atoms with Gasteiger partial charge in [0.15, 0.2) is 0 Å². The first-order valence-electron chi connectivity index (χ1n) is 6.63. The van der Waals surface area contributed by atoms with Gasteiger partial charge in [0.1, 0.15) is 11.6 Å². The number of halogens is 1. The number of phenolic OH excluding ortho intramolecular Hbond substituents is 1. The molecule has 0 heterocycles. The third-order valence-electron chi connectivity index (χ3n) is 4.57. The van der Waals surface area contributed by atoms with Crippen molar-refractivity contribution in [2.45, 2.75) is 39.8 Å². The molecule has 0 unspecified atom stereocenters. The molecular formula is C15H21FN2O2. The van der Waals surface area contributed by atoms with E-state index >= 15 is 0 Å². The van der Waals surface area contributed by atoms with Gasteiger partial charge >= 0.3 is 0 Å². The van der Waals surface area contributed by atoms with Crippen LogP contribution in [0.3, 0.4) is 0 Å². The van der Waals surface area contributed by atoms with Gasteiger partial charge in [0.05, 0.1) is 5.56 Å². The maximum atomic E-state index is 13.2. The molecule has 1 fully saturated rings. The Morgan fingerprint density at radius 3 is 2.40 bits per heavy atom. The number of carbonyl (C=O) groups excluding carboxylic acids is 1. The van der Waals surface area contributed by atoms with Gasteiger partial charge in [0, 0.05) is 22.9 Å². The summed E-state index contributed by atoms with van der Waals surface area (Å²) in [5.41, 5.74) is 5.58. The van der Waals surface area contributed by atoms with Crippen molar-refractivity contribution in [3.63, 3.8) is 0 Å². The number of hydrogen-bond acceptors (Lipinski definition) is 3. The molecule has 2 rings (SSSR count). The molecule has 1 aliphatic carbocycles. The predicted octanol–water partition coefficient (Wildman–Crippen LogP) is 2.02. The van der Waals surface area contributed by atoms with Gasteiger partial charge in [-0.15, -0.1) is 0 Å². The summed E-state index contributed by atoms with van der Waals surface area (Å²) in [5.74, 6) is -1.28. The highest BCUT2D eigenvalue weighted by atomic mass is 19.1. The molecule has 0 aliphatic heterocycles. The van der Waals surface area contributed by atoms with Crippen LogP contribution < -0.4 is 11.1 Å². The lowest BCUT2D eigenvalue weighted by Gasteiger charge is -2.62. The van der Waals surface area contributed by atoms with E-state index in [-0.39, 0.29) is 34.2 Å². The van der Waals surface area contributed by atoms with Crippen molar-refractivity contribution in [2.24, 2.45) is 16.6 Å². The van der Waals surface area contributed by atoms with Gasteiger partial charge in [-0.1, -0.05) is 27.7 Å². The second kappa shape index (κ2) is 4.45. The number of rotatable bonds is 2. The highest BCUT2D eigenvalue weighted by Crippen LogP contribution is 2.52. The largest absolute Gasteiger partial charge is 0.507 e. The van der Waals surface area contributed by atoms with Crippen molar-refractivity contribution in [3.8, 4) is 5.75 Å². The van der Waals surface area contributed by atoms with E-state index in [0.29, 0.717) is 0 Å². The fraction of sp³-hybridized carbons (Fsp3) is 0.533. The first-order valence-corrected chi connectivity index (χ1v) is 6.63. The minimum atomic E-state index is -0.559. The number of phenols is 1. The molecule has 1 aromatic rings. The molecule has 5 heteroatoms.